The van der Waals surface area contributed by atoms with Crippen LogP contribution in [0.15, 0.2) is 18.2 Å². The second-order valence-corrected chi connectivity index (χ2v) is 4.65. The largest absolute Gasteiger partial charge is 0.465 e. The molecule has 2 rings (SSSR count). The van der Waals surface area contributed by atoms with E-state index >= 15 is 0 Å². The molecule has 0 bridgehead atoms. The van der Waals surface area contributed by atoms with Gasteiger partial charge in [-0.15, -0.1) is 0 Å². The third-order valence-electron chi connectivity index (χ3n) is 3.25. The van der Waals surface area contributed by atoms with E-state index in [1.165, 1.54) is 20.0 Å². The van der Waals surface area contributed by atoms with Gasteiger partial charge in [0.15, 0.2) is 0 Å². The smallest absolute Gasteiger partial charge is 0.340 e. The fourth-order valence-corrected chi connectivity index (χ4v) is 2.22. The van der Waals surface area contributed by atoms with Crippen molar-refractivity contribution < 1.29 is 9.53 Å². The Hall–Kier alpha value is -1.71. The first-order chi connectivity index (χ1) is 8.69. The molecule has 1 aliphatic rings. The summed E-state index contributed by atoms with van der Waals surface area (Å²) in [5.41, 5.74) is 8.06. The first kappa shape index (κ1) is 12.7. The number of benzene rings is 1. The van der Waals surface area contributed by atoms with Crippen molar-refractivity contribution in [3.63, 3.8) is 0 Å². The van der Waals surface area contributed by atoms with E-state index < -0.39 is 0 Å². The molecule has 0 spiro atoms. The van der Waals surface area contributed by atoms with Gasteiger partial charge >= 0.3 is 5.97 Å². The first-order valence-electron chi connectivity index (χ1n) is 6.42. The van der Waals surface area contributed by atoms with E-state index in [2.05, 4.69) is 11.8 Å². The van der Waals surface area contributed by atoms with Gasteiger partial charge in [-0.25, -0.2) is 4.79 Å². The van der Waals surface area contributed by atoms with Crippen LogP contribution in [-0.2, 0) is 4.74 Å². The summed E-state index contributed by atoms with van der Waals surface area (Å²) in [6, 6.07) is 6.14. The Balaban J connectivity index is 2.34. The number of nitrogens with zero attached hydrogens (tertiary/aromatic N) is 1. The monoisotopic (exact) mass is 248 g/mol. The third kappa shape index (κ3) is 2.42. The summed E-state index contributed by atoms with van der Waals surface area (Å²) in [7, 11) is 1.37. The number of carbonyl (C=O) groups excluding carboxylic acids is 1. The summed E-state index contributed by atoms with van der Waals surface area (Å²) >= 11 is 0. The van der Waals surface area contributed by atoms with E-state index in [0.717, 1.165) is 18.7 Å². The average Bonchev–Trinajstić information content (AvgIpc) is 3.20. The molecule has 1 fully saturated rings. The van der Waals surface area contributed by atoms with Crippen LogP contribution in [0.2, 0.25) is 0 Å². The second-order valence-electron chi connectivity index (χ2n) is 4.65. The van der Waals surface area contributed by atoms with Crippen molar-refractivity contribution in [1.82, 2.24) is 0 Å². The number of carbonyl (C=O) groups is 1. The Morgan fingerprint density at radius 3 is 2.78 bits per heavy atom. The molecular formula is C14H20N2O2. The van der Waals surface area contributed by atoms with E-state index in [1.54, 1.807) is 6.07 Å². The molecule has 1 aromatic rings. The molecule has 0 aliphatic heterocycles. The highest BCUT2D eigenvalue weighted by Gasteiger charge is 2.30. The summed E-state index contributed by atoms with van der Waals surface area (Å²) < 4.78 is 4.75. The van der Waals surface area contributed by atoms with E-state index in [0.29, 0.717) is 17.3 Å². The number of methoxy groups -OCH3 is 1. The Morgan fingerprint density at radius 2 is 2.22 bits per heavy atom. The number of rotatable bonds is 5. The topological polar surface area (TPSA) is 55.6 Å². The van der Waals surface area contributed by atoms with Crippen molar-refractivity contribution in [3.05, 3.63) is 23.8 Å². The number of esters is 1. The van der Waals surface area contributed by atoms with Gasteiger partial charge < -0.3 is 15.4 Å². The van der Waals surface area contributed by atoms with E-state index in [9.17, 15) is 4.79 Å². The zero-order valence-corrected chi connectivity index (χ0v) is 11.0. The van der Waals surface area contributed by atoms with Crippen molar-refractivity contribution in [2.75, 3.05) is 24.3 Å². The quantitative estimate of drug-likeness (QED) is 0.642. The molecule has 2 N–H and O–H groups in total. The summed E-state index contributed by atoms with van der Waals surface area (Å²) in [5, 5.41) is 0. The van der Waals surface area contributed by atoms with Crippen LogP contribution in [-0.4, -0.2) is 25.7 Å². The van der Waals surface area contributed by atoms with Crippen LogP contribution in [0.5, 0.6) is 0 Å². The molecule has 4 heteroatoms. The molecule has 0 radical (unpaired) electrons. The molecule has 0 atom stereocenters. The van der Waals surface area contributed by atoms with Gasteiger partial charge in [0.2, 0.25) is 0 Å². The van der Waals surface area contributed by atoms with Gasteiger partial charge in [-0.2, -0.15) is 0 Å². The maximum atomic E-state index is 11.6. The van der Waals surface area contributed by atoms with Crippen LogP contribution in [0, 0.1) is 0 Å². The van der Waals surface area contributed by atoms with Crippen molar-refractivity contribution >= 4 is 17.3 Å². The van der Waals surface area contributed by atoms with Crippen LogP contribution in [0.1, 0.15) is 36.5 Å². The normalized spacial score (nSPS) is 14.3. The molecule has 1 saturated carbocycles. The predicted octanol–water partition coefficient (Wildman–Crippen LogP) is 2.43. The Labute approximate surface area is 108 Å². The lowest BCUT2D eigenvalue weighted by Crippen LogP contribution is -2.27. The van der Waals surface area contributed by atoms with Crippen molar-refractivity contribution in [1.29, 1.82) is 0 Å². The minimum atomic E-state index is -0.374. The van der Waals surface area contributed by atoms with Gasteiger partial charge in [0, 0.05) is 12.6 Å². The number of ether oxygens (including phenoxy) is 1. The van der Waals surface area contributed by atoms with E-state index in [1.807, 2.05) is 12.1 Å². The van der Waals surface area contributed by atoms with Crippen molar-refractivity contribution in [2.24, 2.45) is 0 Å². The van der Waals surface area contributed by atoms with Crippen LogP contribution in [0.25, 0.3) is 0 Å². The molecule has 18 heavy (non-hydrogen) atoms. The number of nitrogen functional groups attached to an aromatic ring is 1. The molecule has 1 aromatic carbocycles. The molecule has 0 aromatic heterocycles. The summed E-state index contributed by atoms with van der Waals surface area (Å²) in [6.45, 7) is 3.12. The van der Waals surface area contributed by atoms with E-state index in [4.69, 9.17) is 10.5 Å². The molecule has 4 nitrogen and oxygen atoms in total. The maximum absolute atomic E-state index is 11.6. The highest BCUT2D eigenvalue weighted by molar-refractivity contribution is 5.98. The fourth-order valence-electron chi connectivity index (χ4n) is 2.22. The lowest BCUT2D eigenvalue weighted by Gasteiger charge is -2.26. The first-order valence-corrected chi connectivity index (χ1v) is 6.42. The Morgan fingerprint density at radius 1 is 1.50 bits per heavy atom. The Kier molecular flexibility index (Phi) is 3.75. The molecule has 1 aliphatic carbocycles. The van der Waals surface area contributed by atoms with Gasteiger partial charge in [0.05, 0.1) is 24.0 Å². The molecule has 0 saturated heterocycles. The van der Waals surface area contributed by atoms with E-state index in [-0.39, 0.29) is 5.97 Å². The number of anilines is 2. The zero-order valence-electron chi connectivity index (χ0n) is 11.0. The SMILES string of the molecule is CCCN(c1cccc(C(=O)OC)c1N)C1CC1. The summed E-state index contributed by atoms with van der Waals surface area (Å²) in [5.74, 6) is -0.374. The number of nitrogens with two attached hydrogens (primary N) is 1. The minimum absolute atomic E-state index is 0.374. The highest BCUT2D eigenvalue weighted by Crippen LogP contribution is 2.36. The van der Waals surface area contributed by atoms with Gasteiger partial charge in [0.25, 0.3) is 0 Å². The maximum Gasteiger partial charge on any atom is 0.340 e. The van der Waals surface area contributed by atoms with Crippen LogP contribution < -0.4 is 10.6 Å². The van der Waals surface area contributed by atoms with Gasteiger partial charge in [0.1, 0.15) is 0 Å². The fraction of sp³-hybridized carbons (Fsp3) is 0.500. The summed E-state index contributed by atoms with van der Waals surface area (Å²) in [6.07, 6.45) is 3.49. The van der Waals surface area contributed by atoms with Gasteiger partial charge in [-0.1, -0.05) is 13.0 Å². The molecule has 0 amide bonds. The number of hydrogen-bond donors (Lipinski definition) is 1. The standard InChI is InChI=1S/C14H20N2O2/c1-3-9-16(10-7-8-10)12-6-4-5-11(13(12)15)14(17)18-2/h4-6,10H,3,7-9,15H2,1-2H3. The second kappa shape index (κ2) is 5.29. The number of para-hydroxylation sites is 1. The number of hydrogen-bond acceptors (Lipinski definition) is 4. The molecule has 0 heterocycles. The lowest BCUT2D eigenvalue weighted by molar-refractivity contribution is 0.0602. The zero-order chi connectivity index (χ0) is 13.1. The highest BCUT2D eigenvalue weighted by atomic mass is 16.5. The molecular weight excluding hydrogens is 228 g/mol. The van der Waals surface area contributed by atoms with Crippen molar-refractivity contribution in [3.8, 4) is 0 Å². The van der Waals surface area contributed by atoms with Crippen LogP contribution in [0.3, 0.4) is 0 Å². The van der Waals surface area contributed by atoms with Gasteiger partial charge in [-0.3, -0.25) is 0 Å². The third-order valence-corrected chi connectivity index (χ3v) is 3.25. The van der Waals surface area contributed by atoms with Crippen LogP contribution >= 0.6 is 0 Å². The predicted molar refractivity (Wildman–Crippen MR) is 72.9 cm³/mol. The van der Waals surface area contributed by atoms with Crippen molar-refractivity contribution in [2.45, 2.75) is 32.2 Å². The molecule has 0 unspecified atom stereocenters. The Bertz CT molecular complexity index is 441. The summed E-state index contributed by atoms with van der Waals surface area (Å²) in [4.78, 5) is 13.9. The average molecular weight is 248 g/mol. The van der Waals surface area contributed by atoms with Crippen LogP contribution in [0.4, 0.5) is 11.4 Å². The molecule has 98 valence electrons. The van der Waals surface area contributed by atoms with Gasteiger partial charge in [-0.05, 0) is 31.4 Å². The lowest BCUT2D eigenvalue weighted by atomic mass is 10.1. The minimum Gasteiger partial charge on any atom is -0.465 e.